The molecule has 0 aliphatic heterocycles. The molecule has 0 unspecified atom stereocenters. The molecule has 33 heavy (non-hydrogen) atoms. The molecular formula is C30H32O2Pd. The van der Waals surface area contributed by atoms with Gasteiger partial charge in [0.15, 0.2) is 0 Å². The van der Waals surface area contributed by atoms with Gasteiger partial charge in [-0.15, -0.1) is 0 Å². The van der Waals surface area contributed by atoms with Crippen molar-refractivity contribution < 1.29 is 30.0 Å². The fraction of sp³-hybridized carbons (Fsp3) is 0.133. The van der Waals surface area contributed by atoms with Crippen LogP contribution in [0.5, 0.6) is 0 Å². The summed E-state index contributed by atoms with van der Waals surface area (Å²) in [6.07, 6.45) is 1.11. The minimum atomic E-state index is 0. The van der Waals surface area contributed by atoms with Gasteiger partial charge in [-0.25, -0.2) is 0 Å². The molecule has 4 aromatic rings. The van der Waals surface area contributed by atoms with E-state index in [1.54, 1.807) is 13.8 Å². The molecule has 0 aromatic heterocycles. The first-order valence-electron chi connectivity index (χ1n) is 10.6. The van der Waals surface area contributed by atoms with E-state index in [0.717, 1.165) is 11.1 Å². The van der Waals surface area contributed by atoms with Gasteiger partial charge in [-0.05, 0) is 25.0 Å². The number of rotatable bonds is 4. The molecule has 0 aliphatic rings. The molecule has 3 heteroatoms. The summed E-state index contributed by atoms with van der Waals surface area (Å²) in [7, 11) is 0. The smallest absolute Gasteiger partial charge is 0.134 e. The van der Waals surface area contributed by atoms with Crippen LogP contribution in [0, 0.1) is 0 Å². The maximum Gasteiger partial charge on any atom is 0.134 e. The van der Waals surface area contributed by atoms with Crippen LogP contribution in [0.2, 0.25) is 0 Å². The zero-order chi connectivity index (χ0) is 23.3. The number of Topliss-reactive ketones (excluding diaryl/α,β-unsaturated/α-hetero) is 2. The standard InChI is InChI=1S/2C9H10O.2C6H6.Pd/c2*1-8(10)7-9-5-3-2-4-6-9;2*1-2-4-6-5-3-1;/h2*2-6H,7H2,1H3;2*1-6H;. The van der Waals surface area contributed by atoms with Gasteiger partial charge < -0.3 is 0 Å². The molecule has 0 amide bonds. The molecule has 0 N–H and O–H groups in total. The van der Waals surface area contributed by atoms with Crippen molar-refractivity contribution in [2.24, 2.45) is 0 Å². The first-order chi connectivity index (χ1) is 15.6. The van der Waals surface area contributed by atoms with Crippen LogP contribution in [0.3, 0.4) is 0 Å². The number of hydrogen-bond acceptors (Lipinski definition) is 2. The van der Waals surface area contributed by atoms with Gasteiger partial charge in [0.2, 0.25) is 0 Å². The molecule has 0 atom stereocenters. The van der Waals surface area contributed by atoms with E-state index in [4.69, 9.17) is 0 Å². The van der Waals surface area contributed by atoms with Crippen molar-refractivity contribution in [1.82, 2.24) is 0 Å². The first-order valence-corrected chi connectivity index (χ1v) is 10.6. The normalized spacial score (nSPS) is 8.55. The molecule has 4 rings (SSSR count). The van der Waals surface area contributed by atoms with E-state index < -0.39 is 0 Å². The Morgan fingerprint density at radius 1 is 0.424 bits per heavy atom. The summed E-state index contributed by atoms with van der Waals surface area (Å²) >= 11 is 0. The molecule has 0 bridgehead atoms. The van der Waals surface area contributed by atoms with Gasteiger partial charge in [0.05, 0.1) is 0 Å². The Kier molecular flexibility index (Phi) is 18.8. The third-order valence-electron chi connectivity index (χ3n) is 3.93. The summed E-state index contributed by atoms with van der Waals surface area (Å²) in [5.74, 6) is 0.428. The predicted octanol–water partition coefficient (Wildman–Crippen LogP) is 7.01. The monoisotopic (exact) mass is 530 g/mol. The molecule has 0 aliphatic carbocycles. The third kappa shape index (κ3) is 19.3. The quantitative estimate of drug-likeness (QED) is 0.266. The van der Waals surface area contributed by atoms with Gasteiger partial charge in [-0.1, -0.05) is 133 Å². The molecule has 0 radical (unpaired) electrons. The summed E-state index contributed by atoms with van der Waals surface area (Å²) in [6.45, 7) is 3.21. The van der Waals surface area contributed by atoms with Crippen LogP contribution in [0.4, 0.5) is 0 Å². The average Bonchev–Trinajstić information content (AvgIpc) is 2.83. The molecule has 2 nitrogen and oxygen atoms in total. The van der Waals surface area contributed by atoms with Crippen LogP contribution >= 0.6 is 0 Å². The molecule has 0 heterocycles. The topological polar surface area (TPSA) is 34.1 Å². The summed E-state index contributed by atoms with van der Waals surface area (Å²) < 4.78 is 0. The van der Waals surface area contributed by atoms with Gasteiger partial charge in [0, 0.05) is 33.3 Å². The fourth-order valence-corrected chi connectivity index (χ4v) is 2.54. The summed E-state index contributed by atoms with van der Waals surface area (Å²) in [4.78, 5) is 21.2. The summed E-state index contributed by atoms with van der Waals surface area (Å²) in [6, 6.07) is 43.5. The van der Waals surface area contributed by atoms with Crippen molar-refractivity contribution in [2.45, 2.75) is 26.7 Å². The predicted molar refractivity (Wildman–Crippen MR) is 135 cm³/mol. The maximum absolute atomic E-state index is 10.6. The van der Waals surface area contributed by atoms with Gasteiger partial charge >= 0.3 is 0 Å². The summed E-state index contributed by atoms with van der Waals surface area (Å²) in [5.41, 5.74) is 2.19. The van der Waals surface area contributed by atoms with Gasteiger partial charge in [0.1, 0.15) is 11.6 Å². The van der Waals surface area contributed by atoms with Crippen LogP contribution in [0.25, 0.3) is 0 Å². The molecule has 0 saturated heterocycles. The van der Waals surface area contributed by atoms with Gasteiger partial charge in [0.25, 0.3) is 0 Å². The molecule has 174 valence electrons. The summed E-state index contributed by atoms with van der Waals surface area (Å²) in [5, 5.41) is 0. The van der Waals surface area contributed by atoms with Crippen molar-refractivity contribution in [3.05, 3.63) is 145 Å². The van der Waals surface area contributed by atoms with Crippen LogP contribution < -0.4 is 0 Å². The second kappa shape index (κ2) is 20.8. The van der Waals surface area contributed by atoms with E-state index in [1.807, 2.05) is 133 Å². The maximum atomic E-state index is 10.6. The number of benzene rings is 4. The zero-order valence-corrected chi connectivity index (χ0v) is 20.8. The number of hydrogen-bond donors (Lipinski definition) is 0. The number of carbonyl (C=O) groups excluding carboxylic acids is 2. The fourth-order valence-electron chi connectivity index (χ4n) is 2.54. The molecule has 0 fully saturated rings. The molecule has 0 spiro atoms. The first kappa shape index (κ1) is 29.9. The van der Waals surface area contributed by atoms with Crippen LogP contribution in [0.1, 0.15) is 25.0 Å². The van der Waals surface area contributed by atoms with E-state index >= 15 is 0 Å². The third-order valence-corrected chi connectivity index (χ3v) is 3.93. The Bertz CT molecular complexity index is 821. The molecule has 0 saturated carbocycles. The number of ketones is 2. The van der Waals surface area contributed by atoms with Crippen LogP contribution in [0.15, 0.2) is 133 Å². The minimum Gasteiger partial charge on any atom is -0.300 e. The van der Waals surface area contributed by atoms with Crippen molar-refractivity contribution in [1.29, 1.82) is 0 Å². The largest absolute Gasteiger partial charge is 0.300 e. The SMILES string of the molecule is CC(=O)Cc1ccccc1.CC(=O)Cc1ccccc1.[Pd].c1ccccc1.c1ccccc1. The Balaban J connectivity index is 0.000000420. The Morgan fingerprint density at radius 2 is 0.606 bits per heavy atom. The Labute approximate surface area is 212 Å². The van der Waals surface area contributed by atoms with Crippen LogP contribution in [-0.4, -0.2) is 11.6 Å². The van der Waals surface area contributed by atoms with E-state index in [0.29, 0.717) is 12.8 Å². The van der Waals surface area contributed by atoms with E-state index in [9.17, 15) is 9.59 Å². The van der Waals surface area contributed by atoms with Crippen molar-refractivity contribution >= 4 is 11.6 Å². The average molecular weight is 531 g/mol. The minimum absolute atomic E-state index is 0. The van der Waals surface area contributed by atoms with E-state index in [-0.39, 0.29) is 32.0 Å². The Hall–Kier alpha value is -3.12. The second-order valence-corrected chi connectivity index (χ2v) is 7.04. The molecular weight excluding hydrogens is 499 g/mol. The van der Waals surface area contributed by atoms with E-state index in [1.165, 1.54) is 0 Å². The van der Waals surface area contributed by atoms with Gasteiger partial charge in [-0.3, -0.25) is 9.59 Å². The Morgan fingerprint density at radius 3 is 0.788 bits per heavy atom. The van der Waals surface area contributed by atoms with E-state index in [2.05, 4.69) is 0 Å². The second-order valence-electron chi connectivity index (χ2n) is 7.04. The zero-order valence-electron chi connectivity index (χ0n) is 19.2. The van der Waals surface area contributed by atoms with Crippen molar-refractivity contribution in [3.8, 4) is 0 Å². The van der Waals surface area contributed by atoms with Gasteiger partial charge in [-0.2, -0.15) is 0 Å². The van der Waals surface area contributed by atoms with Crippen LogP contribution in [-0.2, 0) is 42.9 Å². The number of carbonyl (C=O) groups is 2. The van der Waals surface area contributed by atoms with Crippen molar-refractivity contribution in [3.63, 3.8) is 0 Å². The molecule has 4 aromatic carbocycles. The van der Waals surface area contributed by atoms with Crippen molar-refractivity contribution in [2.75, 3.05) is 0 Å².